The topological polar surface area (TPSA) is 38.3 Å². The van der Waals surface area contributed by atoms with Gasteiger partial charge in [-0.1, -0.05) is 19.9 Å². The van der Waals surface area contributed by atoms with Gasteiger partial charge < -0.3 is 10.1 Å². The average Bonchev–Trinajstić information content (AvgIpc) is 3.20. The maximum absolute atomic E-state index is 11.8. The Labute approximate surface area is 121 Å². The predicted molar refractivity (Wildman–Crippen MR) is 81.1 cm³/mol. The van der Waals surface area contributed by atoms with Crippen molar-refractivity contribution in [3.05, 3.63) is 29.3 Å². The number of hydrogen-bond donors (Lipinski definition) is 1. The van der Waals surface area contributed by atoms with E-state index < -0.39 is 0 Å². The summed E-state index contributed by atoms with van der Waals surface area (Å²) in [5.41, 5.74) is 2.54. The van der Waals surface area contributed by atoms with Crippen molar-refractivity contribution in [1.82, 2.24) is 5.32 Å². The largest absolute Gasteiger partial charge is 0.484 e. The Balaban J connectivity index is 1.84. The molecule has 1 N–H and O–H groups in total. The number of aryl methyl sites for hydroxylation is 1. The first-order chi connectivity index (χ1) is 9.47. The molecule has 20 heavy (non-hydrogen) atoms. The SMILES string of the molecule is Cc1cc(OCC(=O)NC(C)C2CC2)ccc1C(C)C. The van der Waals surface area contributed by atoms with Gasteiger partial charge in [0.1, 0.15) is 5.75 Å². The molecular weight excluding hydrogens is 250 g/mol. The number of carbonyl (C=O) groups is 1. The molecule has 0 heterocycles. The van der Waals surface area contributed by atoms with Crippen LogP contribution in [0.25, 0.3) is 0 Å². The highest BCUT2D eigenvalue weighted by molar-refractivity contribution is 5.77. The van der Waals surface area contributed by atoms with E-state index in [1.165, 1.54) is 24.0 Å². The lowest BCUT2D eigenvalue weighted by Crippen LogP contribution is -2.37. The molecule has 1 saturated carbocycles. The Morgan fingerprint density at radius 1 is 1.35 bits per heavy atom. The van der Waals surface area contributed by atoms with E-state index in [-0.39, 0.29) is 18.6 Å². The zero-order valence-electron chi connectivity index (χ0n) is 12.9. The molecule has 1 amide bonds. The summed E-state index contributed by atoms with van der Waals surface area (Å²) in [5, 5.41) is 2.99. The summed E-state index contributed by atoms with van der Waals surface area (Å²) >= 11 is 0. The zero-order chi connectivity index (χ0) is 14.7. The average molecular weight is 275 g/mol. The van der Waals surface area contributed by atoms with Crippen LogP contribution in [-0.4, -0.2) is 18.6 Å². The lowest BCUT2D eigenvalue weighted by molar-refractivity contribution is -0.123. The van der Waals surface area contributed by atoms with E-state index in [2.05, 4.69) is 39.1 Å². The van der Waals surface area contributed by atoms with Gasteiger partial charge >= 0.3 is 0 Å². The Morgan fingerprint density at radius 3 is 2.60 bits per heavy atom. The van der Waals surface area contributed by atoms with Crippen molar-refractivity contribution >= 4 is 5.91 Å². The maximum Gasteiger partial charge on any atom is 0.258 e. The fraction of sp³-hybridized carbons (Fsp3) is 0.588. The Morgan fingerprint density at radius 2 is 2.05 bits per heavy atom. The third-order valence-corrected chi connectivity index (χ3v) is 3.95. The van der Waals surface area contributed by atoms with Crippen molar-refractivity contribution in [2.45, 2.75) is 52.5 Å². The quantitative estimate of drug-likeness (QED) is 0.864. The fourth-order valence-electron chi connectivity index (χ4n) is 2.54. The van der Waals surface area contributed by atoms with E-state index in [1.807, 2.05) is 12.1 Å². The fourth-order valence-corrected chi connectivity index (χ4v) is 2.54. The van der Waals surface area contributed by atoms with Crippen molar-refractivity contribution in [3.8, 4) is 5.75 Å². The first-order valence-electron chi connectivity index (χ1n) is 7.50. The van der Waals surface area contributed by atoms with Crippen LogP contribution in [0.4, 0.5) is 0 Å². The van der Waals surface area contributed by atoms with Crippen molar-refractivity contribution in [2.24, 2.45) is 5.92 Å². The molecule has 1 fully saturated rings. The minimum atomic E-state index is -0.0324. The van der Waals surface area contributed by atoms with E-state index >= 15 is 0 Å². The smallest absolute Gasteiger partial charge is 0.258 e. The van der Waals surface area contributed by atoms with Crippen molar-refractivity contribution in [3.63, 3.8) is 0 Å². The molecule has 0 saturated heterocycles. The molecule has 2 rings (SSSR count). The van der Waals surface area contributed by atoms with E-state index in [9.17, 15) is 4.79 Å². The van der Waals surface area contributed by atoms with Crippen LogP contribution in [0.15, 0.2) is 18.2 Å². The Bertz CT molecular complexity index is 478. The van der Waals surface area contributed by atoms with E-state index in [1.54, 1.807) is 0 Å². The first kappa shape index (κ1) is 14.9. The highest BCUT2D eigenvalue weighted by Crippen LogP contribution is 2.32. The summed E-state index contributed by atoms with van der Waals surface area (Å²) in [5.74, 6) is 1.91. The number of rotatable bonds is 6. The number of amides is 1. The van der Waals surface area contributed by atoms with E-state index in [0.29, 0.717) is 11.8 Å². The van der Waals surface area contributed by atoms with Gasteiger partial charge in [0, 0.05) is 6.04 Å². The second-order valence-corrected chi connectivity index (χ2v) is 6.16. The highest BCUT2D eigenvalue weighted by atomic mass is 16.5. The summed E-state index contributed by atoms with van der Waals surface area (Å²) in [6.45, 7) is 8.59. The maximum atomic E-state index is 11.8. The normalized spacial score (nSPS) is 16.1. The van der Waals surface area contributed by atoms with Crippen molar-refractivity contribution in [1.29, 1.82) is 0 Å². The van der Waals surface area contributed by atoms with Gasteiger partial charge in [-0.05, 0) is 61.8 Å². The van der Waals surface area contributed by atoms with Crippen molar-refractivity contribution in [2.75, 3.05) is 6.61 Å². The third-order valence-electron chi connectivity index (χ3n) is 3.95. The molecule has 3 heteroatoms. The van der Waals surface area contributed by atoms with Crippen molar-refractivity contribution < 1.29 is 9.53 Å². The number of carbonyl (C=O) groups excluding carboxylic acids is 1. The Kier molecular flexibility index (Phi) is 4.69. The van der Waals surface area contributed by atoms with Crippen LogP contribution < -0.4 is 10.1 Å². The van der Waals surface area contributed by atoms with Crippen LogP contribution in [0.3, 0.4) is 0 Å². The molecule has 110 valence electrons. The van der Waals surface area contributed by atoms with Crippen LogP contribution in [-0.2, 0) is 4.79 Å². The second kappa shape index (κ2) is 6.29. The van der Waals surface area contributed by atoms with E-state index in [0.717, 1.165) is 5.75 Å². The number of ether oxygens (including phenoxy) is 1. The number of benzene rings is 1. The minimum Gasteiger partial charge on any atom is -0.484 e. The van der Waals surface area contributed by atoms with Gasteiger partial charge in [-0.15, -0.1) is 0 Å². The van der Waals surface area contributed by atoms with Crippen LogP contribution in [0, 0.1) is 12.8 Å². The third kappa shape index (κ3) is 3.99. The van der Waals surface area contributed by atoms with Gasteiger partial charge in [-0.25, -0.2) is 0 Å². The summed E-state index contributed by atoms with van der Waals surface area (Å²) in [6, 6.07) is 6.31. The van der Waals surface area contributed by atoms with Gasteiger partial charge in [-0.2, -0.15) is 0 Å². The van der Waals surface area contributed by atoms with Gasteiger partial charge in [0.15, 0.2) is 6.61 Å². The van der Waals surface area contributed by atoms with E-state index in [4.69, 9.17) is 4.74 Å². The molecule has 1 aromatic rings. The van der Waals surface area contributed by atoms with Crippen LogP contribution in [0.5, 0.6) is 5.75 Å². The summed E-state index contributed by atoms with van der Waals surface area (Å²) in [7, 11) is 0. The standard InChI is InChI=1S/C17H25NO2/c1-11(2)16-8-7-15(9-12(16)3)20-10-17(19)18-13(4)14-5-6-14/h7-9,11,13-14H,5-6,10H2,1-4H3,(H,18,19). The highest BCUT2D eigenvalue weighted by Gasteiger charge is 2.28. The van der Waals surface area contributed by atoms with Gasteiger partial charge in [0.25, 0.3) is 5.91 Å². The van der Waals surface area contributed by atoms with Gasteiger partial charge in [0.05, 0.1) is 0 Å². The Hall–Kier alpha value is -1.51. The molecule has 0 aliphatic heterocycles. The van der Waals surface area contributed by atoms with Crippen LogP contribution in [0.1, 0.15) is 50.7 Å². The van der Waals surface area contributed by atoms with Gasteiger partial charge in [-0.3, -0.25) is 4.79 Å². The molecular formula is C17H25NO2. The number of nitrogens with one attached hydrogen (secondary N) is 1. The van der Waals surface area contributed by atoms with Gasteiger partial charge in [0.2, 0.25) is 0 Å². The zero-order valence-corrected chi connectivity index (χ0v) is 12.9. The minimum absolute atomic E-state index is 0.0324. The molecule has 0 aromatic heterocycles. The molecule has 0 spiro atoms. The lowest BCUT2D eigenvalue weighted by atomic mass is 9.98. The van der Waals surface area contributed by atoms with Crippen LogP contribution in [0.2, 0.25) is 0 Å². The summed E-state index contributed by atoms with van der Waals surface area (Å²) < 4.78 is 5.57. The molecule has 1 atom stereocenters. The molecule has 1 unspecified atom stereocenters. The van der Waals surface area contributed by atoms with Crippen LogP contribution >= 0.6 is 0 Å². The second-order valence-electron chi connectivity index (χ2n) is 6.16. The first-order valence-corrected chi connectivity index (χ1v) is 7.50. The molecule has 1 aliphatic carbocycles. The monoisotopic (exact) mass is 275 g/mol. The summed E-state index contributed by atoms with van der Waals surface area (Å²) in [6.07, 6.45) is 2.47. The summed E-state index contributed by atoms with van der Waals surface area (Å²) in [4.78, 5) is 11.8. The predicted octanol–water partition coefficient (Wildman–Crippen LogP) is 3.41. The molecule has 1 aliphatic rings. The molecule has 3 nitrogen and oxygen atoms in total. The molecule has 1 aromatic carbocycles. The molecule has 0 bridgehead atoms. The lowest BCUT2D eigenvalue weighted by Gasteiger charge is -2.14. The number of hydrogen-bond acceptors (Lipinski definition) is 2. The molecule has 0 radical (unpaired) electrons.